The number of anilines is 1. The SMILES string of the molecule is C[N+]1(Cc2ccc(Cl)cc2)CCC[C@H](N(C(=O)Nc2ccc(OC(=O)C3CCCCC3)cc2)C(=O)[C@@H](N)Cc2ccc(O)cc2)C1.O=C([O-])C(F)(F)F. The molecule has 53 heavy (non-hydrogen) atoms. The predicted octanol–water partition coefficient (Wildman–Crippen LogP) is 5.57. The quantitative estimate of drug-likeness (QED) is 0.145. The molecule has 3 aromatic carbocycles. The lowest BCUT2D eigenvalue weighted by Gasteiger charge is -2.44. The van der Waals surface area contributed by atoms with Crippen LogP contribution in [0, 0.1) is 5.92 Å². The molecular formula is C38H44ClF3N4O7. The Labute approximate surface area is 311 Å². The Hall–Kier alpha value is -4.66. The van der Waals surface area contributed by atoms with Crippen molar-refractivity contribution in [2.45, 2.75) is 76.2 Å². The maximum atomic E-state index is 14.0. The number of hydrogen-bond acceptors (Lipinski definition) is 8. The number of benzene rings is 3. The van der Waals surface area contributed by atoms with E-state index in [2.05, 4.69) is 12.4 Å². The van der Waals surface area contributed by atoms with Crippen molar-refractivity contribution in [3.05, 3.63) is 88.9 Å². The number of nitrogens with zero attached hydrogens (tertiary/aromatic N) is 2. The highest BCUT2D eigenvalue weighted by atomic mass is 35.5. The van der Waals surface area contributed by atoms with Gasteiger partial charge in [0.05, 0.1) is 31.6 Å². The molecule has 1 unspecified atom stereocenters. The van der Waals surface area contributed by atoms with Gasteiger partial charge in [-0.3, -0.25) is 14.5 Å². The summed E-state index contributed by atoms with van der Waals surface area (Å²) in [5, 5.41) is 22.0. The number of aliphatic carboxylic acids is 1. The third-order valence-electron chi connectivity index (χ3n) is 9.39. The Kier molecular flexibility index (Phi) is 14.3. The van der Waals surface area contributed by atoms with Crippen LogP contribution in [0.15, 0.2) is 72.8 Å². The van der Waals surface area contributed by atoms with E-state index in [1.165, 1.54) is 4.90 Å². The highest BCUT2D eigenvalue weighted by Crippen LogP contribution is 2.28. The summed E-state index contributed by atoms with van der Waals surface area (Å²) < 4.78 is 37.8. The molecule has 1 heterocycles. The maximum Gasteiger partial charge on any atom is 0.430 e. The number of esters is 1. The number of aromatic hydroxyl groups is 1. The molecule has 0 aromatic heterocycles. The monoisotopic (exact) mass is 760 g/mol. The average molecular weight is 761 g/mol. The number of likely N-dealkylation sites (N-methyl/N-ethyl adjacent to an activating group) is 1. The number of carbonyl (C=O) groups is 4. The van der Waals surface area contributed by atoms with Gasteiger partial charge >= 0.3 is 18.2 Å². The summed E-state index contributed by atoms with van der Waals surface area (Å²) in [5.74, 6) is -3.22. The number of carboxylic acids is 1. The van der Waals surface area contributed by atoms with Gasteiger partial charge in [0.1, 0.15) is 30.6 Å². The summed E-state index contributed by atoms with van der Waals surface area (Å²) in [7, 11) is 2.14. The number of phenols is 1. The second kappa shape index (κ2) is 18.4. The first-order valence-corrected chi connectivity index (χ1v) is 17.8. The third-order valence-corrected chi connectivity index (χ3v) is 9.64. The van der Waals surface area contributed by atoms with E-state index >= 15 is 0 Å². The predicted molar refractivity (Wildman–Crippen MR) is 189 cm³/mol. The molecule has 3 amide bonds. The number of hydrogen-bond donors (Lipinski definition) is 3. The molecule has 1 saturated heterocycles. The molecule has 2 aliphatic rings. The van der Waals surface area contributed by atoms with Crippen LogP contribution in [0.2, 0.25) is 5.02 Å². The molecule has 1 aliphatic carbocycles. The third kappa shape index (κ3) is 12.5. The molecule has 0 bridgehead atoms. The van der Waals surface area contributed by atoms with E-state index in [1.807, 2.05) is 24.3 Å². The van der Waals surface area contributed by atoms with E-state index in [4.69, 9.17) is 32.0 Å². The fourth-order valence-corrected chi connectivity index (χ4v) is 6.84. The minimum absolute atomic E-state index is 0.0715. The van der Waals surface area contributed by atoms with Crippen molar-refractivity contribution in [2.75, 3.05) is 25.5 Å². The zero-order valence-corrected chi connectivity index (χ0v) is 30.1. The van der Waals surface area contributed by atoms with Crippen LogP contribution in [0.3, 0.4) is 0 Å². The van der Waals surface area contributed by atoms with E-state index in [0.717, 1.165) is 62.7 Å². The molecule has 11 nitrogen and oxygen atoms in total. The van der Waals surface area contributed by atoms with Crippen LogP contribution >= 0.6 is 11.6 Å². The normalized spacial score (nSPS) is 19.5. The Morgan fingerprint density at radius 3 is 2.11 bits per heavy atom. The number of rotatable bonds is 9. The number of nitrogens with one attached hydrogen (secondary N) is 1. The number of nitrogens with two attached hydrogens (primary N) is 1. The van der Waals surface area contributed by atoms with Gasteiger partial charge in [0.2, 0.25) is 5.91 Å². The first-order chi connectivity index (χ1) is 25.0. The molecule has 4 N–H and O–H groups in total. The second-order valence-electron chi connectivity index (χ2n) is 13.8. The standard InChI is InChI=1S/C36H43ClN4O5.C2HF3O2/c1-41(23-26-9-13-28(37)14-10-26)21-5-8-30(24-41)40(34(43)33(38)22-25-11-17-31(42)18-12-25)36(45)39-29-15-19-32(20-16-29)46-35(44)27-6-3-2-4-7-27;3-2(4,5)1(6)7/h9-20,27,30,33H,2-8,21-24,38H2,1H3,(H-,39,42,45);(H,6,7)/t30-,33-,41?;/m0./s1. The zero-order valence-electron chi connectivity index (χ0n) is 29.3. The minimum Gasteiger partial charge on any atom is -0.542 e. The van der Waals surface area contributed by atoms with Gasteiger partial charge in [-0.25, -0.2) is 4.79 Å². The molecular weight excluding hydrogens is 717 g/mol. The van der Waals surface area contributed by atoms with Crippen molar-refractivity contribution in [3.63, 3.8) is 0 Å². The lowest BCUT2D eigenvalue weighted by Crippen LogP contribution is -2.62. The molecule has 3 aromatic rings. The topological polar surface area (TPSA) is 162 Å². The van der Waals surface area contributed by atoms with E-state index in [0.29, 0.717) is 33.9 Å². The maximum absolute atomic E-state index is 14.0. The highest BCUT2D eigenvalue weighted by molar-refractivity contribution is 6.30. The minimum atomic E-state index is -5.19. The van der Waals surface area contributed by atoms with Gasteiger partial charge in [-0.1, -0.05) is 55.1 Å². The molecule has 15 heteroatoms. The number of quaternary nitrogens is 1. The van der Waals surface area contributed by atoms with E-state index in [-0.39, 0.29) is 30.1 Å². The molecule has 0 spiro atoms. The summed E-state index contributed by atoms with van der Waals surface area (Å²) >= 11 is 6.11. The van der Waals surface area contributed by atoms with Gasteiger partial charge in [0.25, 0.3) is 0 Å². The number of phenolic OH excluding ortho intramolecular Hbond substituents is 1. The summed E-state index contributed by atoms with van der Waals surface area (Å²) in [6.07, 6.45) is 1.45. The van der Waals surface area contributed by atoms with E-state index in [1.54, 1.807) is 48.5 Å². The number of urea groups is 1. The number of amides is 3. The summed E-state index contributed by atoms with van der Waals surface area (Å²) in [5.41, 5.74) is 8.84. The number of alkyl halides is 3. The van der Waals surface area contributed by atoms with Crippen LogP contribution in [-0.4, -0.2) is 76.8 Å². The van der Waals surface area contributed by atoms with Gasteiger partial charge in [-0.05, 0) is 86.2 Å². The van der Waals surface area contributed by atoms with Crippen molar-refractivity contribution >= 4 is 41.2 Å². The fraction of sp³-hybridized carbons (Fsp3) is 0.421. The molecule has 1 aliphatic heterocycles. The van der Waals surface area contributed by atoms with Gasteiger partial charge in [0, 0.05) is 16.3 Å². The van der Waals surface area contributed by atoms with Crippen molar-refractivity contribution in [3.8, 4) is 11.5 Å². The largest absolute Gasteiger partial charge is 0.542 e. The molecule has 5 rings (SSSR count). The smallest absolute Gasteiger partial charge is 0.430 e. The van der Waals surface area contributed by atoms with E-state index in [9.17, 15) is 32.7 Å². The molecule has 3 atom stereocenters. The van der Waals surface area contributed by atoms with Gasteiger partial charge < -0.3 is 35.3 Å². The van der Waals surface area contributed by atoms with Crippen LogP contribution in [0.25, 0.3) is 0 Å². The number of likely N-dealkylation sites (tertiary alicyclic amines) is 1. The first-order valence-electron chi connectivity index (χ1n) is 17.4. The van der Waals surface area contributed by atoms with Gasteiger partial charge in [0.15, 0.2) is 0 Å². The molecule has 2 fully saturated rings. The zero-order chi connectivity index (χ0) is 38.8. The van der Waals surface area contributed by atoms with Crippen molar-refractivity contribution in [2.24, 2.45) is 11.7 Å². The Balaban J connectivity index is 0.000000815. The van der Waals surface area contributed by atoms with Crippen LogP contribution in [0.1, 0.15) is 56.1 Å². The van der Waals surface area contributed by atoms with Crippen molar-refractivity contribution in [1.29, 1.82) is 0 Å². The second-order valence-corrected chi connectivity index (χ2v) is 14.2. The van der Waals surface area contributed by atoms with Crippen LogP contribution in [0.5, 0.6) is 11.5 Å². The Bertz CT molecular complexity index is 1700. The van der Waals surface area contributed by atoms with E-state index < -0.39 is 30.1 Å². The summed E-state index contributed by atoms with van der Waals surface area (Å²) in [6, 6.07) is 19.1. The summed E-state index contributed by atoms with van der Waals surface area (Å²) in [6.45, 7) is 2.21. The van der Waals surface area contributed by atoms with Crippen LogP contribution < -0.4 is 20.9 Å². The number of piperidine rings is 1. The lowest BCUT2D eigenvalue weighted by molar-refractivity contribution is -0.928. The highest BCUT2D eigenvalue weighted by Gasteiger charge is 2.41. The first kappa shape index (κ1) is 41.1. The average Bonchev–Trinajstić information content (AvgIpc) is 3.11. The summed E-state index contributed by atoms with van der Waals surface area (Å²) in [4.78, 5) is 50.6. The van der Waals surface area contributed by atoms with Gasteiger partial charge in [-0.15, -0.1) is 0 Å². The number of carbonyl (C=O) groups excluding carboxylic acids is 4. The number of carboxylic acid groups (broad SMARTS) is 1. The fourth-order valence-electron chi connectivity index (χ4n) is 6.71. The number of ether oxygens (including phenoxy) is 1. The van der Waals surface area contributed by atoms with Crippen molar-refractivity contribution in [1.82, 2.24) is 4.90 Å². The molecule has 286 valence electrons. The Morgan fingerprint density at radius 2 is 1.53 bits per heavy atom. The van der Waals surface area contributed by atoms with Crippen molar-refractivity contribution < 1.29 is 51.8 Å². The Morgan fingerprint density at radius 1 is 0.943 bits per heavy atom. The lowest BCUT2D eigenvalue weighted by atomic mass is 9.89. The van der Waals surface area contributed by atoms with Gasteiger partial charge in [-0.2, -0.15) is 13.2 Å². The number of imide groups is 1. The number of halogens is 4. The van der Waals surface area contributed by atoms with Crippen LogP contribution in [-0.2, 0) is 27.3 Å². The molecule has 1 saturated carbocycles. The molecule has 0 radical (unpaired) electrons. The van der Waals surface area contributed by atoms with Crippen LogP contribution in [0.4, 0.5) is 23.7 Å².